The van der Waals surface area contributed by atoms with Crippen LogP contribution in [0.3, 0.4) is 0 Å². The van der Waals surface area contributed by atoms with E-state index in [1.165, 1.54) is 0 Å². The third-order valence-electron chi connectivity index (χ3n) is 3.42. The van der Waals surface area contributed by atoms with Gasteiger partial charge in [-0.1, -0.05) is 6.08 Å². The number of fused-ring (bicyclic) bond motifs is 1. The Morgan fingerprint density at radius 3 is 3.07 bits per heavy atom. The number of nitrogens with zero attached hydrogens (tertiary/aromatic N) is 1. The second-order valence-electron chi connectivity index (χ2n) is 4.19. The van der Waals surface area contributed by atoms with Crippen LogP contribution < -0.4 is 0 Å². The van der Waals surface area contributed by atoms with Gasteiger partial charge in [0.1, 0.15) is 6.61 Å². The topological polar surface area (TPSA) is 49.8 Å². The Bertz CT molecular complexity index is 267. The maximum absolute atomic E-state index is 11.5. The number of aliphatic hydroxyl groups excluding tert-OH is 1. The number of ether oxygens (including phenoxy) is 1. The number of hydrogen-bond acceptors (Lipinski definition) is 3. The maximum Gasteiger partial charge on any atom is 0.410 e. The summed E-state index contributed by atoms with van der Waals surface area (Å²) < 4.78 is 5.04. The van der Waals surface area contributed by atoms with Gasteiger partial charge in [-0.2, -0.15) is 0 Å². The van der Waals surface area contributed by atoms with Gasteiger partial charge >= 0.3 is 6.09 Å². The van der Waals surface area contributed by atoms with Crippen molar-refractivity contribution in [3.8, 4) is 0 Å². The van der Waals surface area contributed by atoms with E-state index in [-0.39, 0.29) is 24.8 Å². The summed E-state index contributed by atoms with van der Waals surface area (Å²) in [5, 5.41) is 9.02. The summed E-state index contributed by atoms with van der Waals surface area (Å²) in [6.07, 6.45) is 4.28. The first-order valence-electron chi connectivity index (χ1n) is 5.46. The molecule has 1 N–H and O–H groups in total. The monoisotopic (exact) mass is 211 g/mol. The minimum absolute atomic E-state index is 0.0706. The van der Waals surface area contributed by atoms with Crippen molar-refractivity contribution in [3.63, 3.8) is 0 Å². The predicted molar refractivity (Wildman–Crippen MR) is 55.4 cm³/mol. The van der Waals surface area contributed by atoms with Gasteiger partial charge in [0, 0.05) is 12.6 Å². The van der Waals surface area contributed by atoms with Crippen LogP contribution in [0, 0.1) is 5.92 Å². The number of hydrogen-bond donors (Lipinski definition) is 1. The van der Waals surface area contributed by atoms with Crippen molar-refractivity contribution in [2.45, 2.75) is 31.3 Å². The largest absolute Gasteiger partial charge is 0.447 e. The van der Waals surface area contributed by atoms with Crippen LogP contribution in [0.1, 0.15) is 19.3 Å². The highest BCUT2D eigenvalue weighted by Crippen LogP contribution is 2.34. The van der Waals surface area contributed by atoms with E-state index in [2.05, 4.69) is 6.58 Å². The van der Waals surface area contributed by atoms with Gasteiger partial charge in [0.2, 0.25) is 0 Å². The Morgan fingerprint density at radius 1 is 1.60 bits per heavy atom. The molecule has 2 aliphatic rings. The lowest BCUT2D eigenvalue weighted by molar-refractivity contribution is 0.0910. The molecule has 0 radical (unpaired) electrons. The highest BCUT2D eigenvalue weighted by Gasteiger charge is 2.43. The van der Waals surface area contributed by atoms with E-state index in [0.29, 0.717) is 18.9 Å². The number of carbonyl (C=O) groups excluding carboxylic acids is 1. The lowest BCUT2D eigenvalue weighted by Gasteiger charge is -2.39. The Labute approximate surface area is 89.5 Å². The van der Waals surface area contributed by atoms with E-state index in [0.717, 1.165) is 12.8 Å². The van der Waals surface area contributed by atoms with Gasteiger partial charge in [-0.05, 0) is 25.2 Å². The molecule has 0 spiro atoms. The number of carbonyl (C=O) groups is 1. The average Bonchev–Trinajstić information content (AvgIpc) is 2.62. The van der Waals surface area contributed by atoms with Crippen molar-refractivity contribution in [1.82, 2.24) is 4.90 Å². The molecule has 0 saturated carbocycles. The van der Waals surface area contributed by atoms with E-state index in [1.54, 1.807) is 4.90 Å². The number of piperidine rings is 1. The molecule has 0 unspecified atom stereocenters. The van der Waals surface area contributed by atoms with Crippen LogP contribution in [0.5, 0.6) is 0 Å². The number of rotatable bonds is 3. The molecular formula is C11H17NO3. The van der Waals surface area contributed by atoms with Gasteiger partial charge in [-0.3, -0.25) is 4.90 Å². The SMILES string of the molecule is C=C[C@@H]1CC[C@H]2COC(=O)N2[C@H]1CCO. The minimum Gasteiger partial charge on any atom is -0.447 e. The predicted octanol–water partition coefficient (Wildman–Crippen LogP) is 1.15. The summed E-state index contributed by atoms with van der Waals surface area (Å²) in [6.45, 7) is 4.40. The molecule has 2 rings (SSSR count). The van der Waals surface area contributed by atoms with E-state index in [4.69, 9.17) is 9.84 Å². The summed E-state index contributed by atoms with van der Waals surface area (Å²) in [5.74, 6) is 0.291. The molecule has 2 fully saturated rings. The molecule has 0 aromatic carbocycles. The molecule has 0 aliphatic carbocycles. The van der Waals surface area contributed by atoms with Crippen LogP contribution in [0.2, 0.25) is 0 Å². The molecule has 0 aromatic heterocycles. The van der Waals surface area contributed by atoms with Gasteiger partial charge in [-0.15, -0.1) is 6.58 Å². The molecule has 0 bridgehead atoms. The zero-order valence-electron chi connectivity index (χ0n) is 8.76. The fourth-order valence-corrected chi connectivity index (χ4v) is 2.64. The minimum atomic E-state index is -0.231. The van der Waals surface area contributed by atoms with E-state index >= 15 is 0 Å². The first-order chi connectivity index (χ1) is 7.27. The average molecular weight is 211 g/mol. The third kappa shape index (κ3) is 1.74. The number of amides is 1. The molecule has 2 aliphatic heterocycles. The molecule has 15 heavy (non-hydrogen) atoms. The molecule has 1 amide bonds. The standard InChI is InChI=1S/C11H17NO3/c1-2-8-3-4-9-7-15-11(14)12(9)10(8)5-6-13/h2,8-10,13H,1,3-7H2/t8-,9+,10+/m1/s1. The fraction of sp³-hybridized carbons (Fsp3) is 0.727. The second kappa shape index (κ2) is 4.23. The second-order valence-corrected chi connectivity index (χ2v) is 4.19. The van der Waals surface area contributed by atoms with E-state index < -0.39 is 0 Å². The van der Waals surface area contributed by atoms with E-state index in [1.807, 2.05) is 6.08 Å². The third-order valence-corrected chi connectivity index (χ3v) is 3.42. The van der Waals surface area contributed by atoms with Crippen molar-refractivity contribution < 1.29 is 14.6 Å². The summed E-state index contributed by atoms with van der Waals surface area (Å²) >= 11 is 0. The van der Waals surface area contributed by atoms with Crippen molar-refractivity contribution in [2.75, 3.05) is 13.2 Å². The summed E-state index contributed by atoms with van der Waals surface area (Å²) in [7, 11) is 0. The molecule has 4 heteroatoms. The first-order valence-corrected chi connectivity index (χ1v) is 5.46. The van der Waals surface area contributed by atoms with E-state index in [9.17, 15) is 4.79 Å². The lowest BCUT2D eigenvalue weighted by atomic mass is 9.85. The molecular weight excluding hydrogens is 194 g/mol. The van der Waals surface area contributed by atoms with Crippen LogP contribution in [-0.4, -0.2) is 41.4 Å². The van der Waals surface area contributed by atoms with Crippen LogP contribution in [0.4, 0.5) is 4.79 Å². The molecule has 2 saturated heterocycles. The summed E-state index contributed by atoms with van der Waals surface area (Å²) in [6, 6.07) is 0.284. The van der Waals surface area contributed by atoms with Gasteiger partial charge in [0.15, 0.2) is 0 Å². The Morgan fingerprint density at radius 2 is 2.40 bits per heavy atom. The molecule has 3 atom stereocenters. The van der Waals surface area contributed by atoms with Crippen molar-refractivity contribution >= 4 is 6.09 Å². The quantitative estimate of drug-likeness (QED) is 0.712. The smallest absolute Gasteiger partial charge is 0.410 e. The van der Waals surface area contributed by atoms with Gasteiger partial charge in [-0.25, -0.2) is 4.79 Å². The molecule has 84 valence electrons. The normalized spacial score (nSPS) is 34.9. The van der Waals surface area contributed by atoms with Crippen molar-refractivity contribution in [2.24, 2.45) is 5.92 Å². The van der Waals surface area contributed by atoms with Crippen LogP contribution in [-0.2, 0) is 4.74 Å². The summed E-state index contributed by atoms with van der Waals surface area (Å²) in [4.78, 5) is 13.3. The highest BCUT2D eigenvalue weighted by atomic mass is 16.6. The lowest BCUT2D eigenvalue weighted by Crippen LogP contribution is -2.50. The Hall–Kier alpha value is -1.03. The number of cyclic esters (lactones) is 1. The first kappa shape index (κ1) is 10.5. The fourth-order valence-electron chi connectivity index (χ4n) is 2.64. The molecule has 0 aromatic rings. The Kier molecular flexibility index (Phi) is 2.95. The van der Waals surface area contributed by atoms with Crippen molar-refractivity contribution in [3.05, 3.63) is 12.7 Å². The molecule has 2 heterocycles. The van der Waals surface area contributed by atoms with Gasteiger partial charge in [0.25, 0.3) is 0 Å². The van der Waals surface area contributed by atoms with Gasteiger partial charge in [0.05, 0.1) is 6.04 Å². The van der Waals surface area contributed by atoms with Crippen molar-refractivity contribution in [1.29, 1.82) is 0 Å². The highest BCUT2D eigenvalue weighted by molar-refractivity contribution is 5.70. The van der Waals surface area contributed by atoms with Gasteiger partial charge < -0.3 is 9.84 Å². The zero-order chi connectivity index (χ0) is 10.8. The van der Waals surface area contributed by atoms with Crippen LogP contribution in [0.25, 0.3) is 0 Å². The maximum atomic E-state index is 11.5. The van der Waals surface area contributed by atoms with Crippen LogP contribution >= 0.6 is 0 Å². The number of aliphatic hydroxyl groups is 1. The van der Waals surface area contributed by atoms with Crippen LogP contribution in [0.15, 0.2) is 12.7 Å². The summed E-state index contributed by atoms with van der Waals surface area (Å²) in [5.41, 5.74) is 0. The Balaban J connectivity index is 2.16. The molecule has 4 nitrogen and oxygen atoms in total. The zero-order valence-corrected chi connectivity index (χ0v) is 8.76.